The Labute approximate surface area is 186 Å². The zero-order valence-electron chi connectivity index (χ0n) is 17.7. The molecule has 0 aliphatic carbocycles. The summed E-state index contributed by atoms with van der Waals surface area (Å²) < 4.78 is 14.8. The molecule has 0 spiro atoms. The maximum absolute atomic E-state index is 13.1. The van der Waals surface area contributed by atoms with Crippen LogP contribution in [-0.2, 0) is 18.3 Å². The SMILES string of the molecule is Cn1cc(-c2ccc(NC(=O)[C@@H](NCCc3ccc(F)cc3)c3ccccc3)nc2)cn1. The Hall–Kier alpha value is -3.84. The number of aryl methyl sites for hydroxylation is 1. The Bertz CT molecular complexity index is 1160. The van der Waals surface area contributed by atoms with Crippen LogP contribution in [-0.4, -0.2) is 27.2 Å². The first-order chi connectivity index (χ1) is 15.6. The van der Waals surface area contributed by atoms with Crippen molar-refractivity contribution in [3.05, 3.63) is 102 Å². The number of nitrogens with zero attached hydrogens (tertiary/aromatic N) is 3. The first-order valence-electron chi connectivity index (χ1n) is 10.4. The average Bonchev–Trinajstić information content (AvgIpc) is 3.25. The molecule has 1 amide bonds. The molecule has 2 aromatic carbocycles. The van der Waals surface area contributed by atoms with Crippen LogP contribution < -0.4 is 10.6 Å². The number of aromatic nitrogens is 3. The smallest absolute Gasteiger partial charge is 0.247 e. The normalized spacial score (nSPS) is 11.8. The van der Waals surface area contributed by atoms with Crippen molar-refractivity contribution < 1.29 is 9.18 Å². The maximum Gasteiger partial charge on any atom is 0.247 e. The van der Waals surface area contributed by atoms with Crippen molar-refractivity contribution in [1.29, 1.82) is 0 Å². The monoisotopic (exact) mass is 429 g/mol. The highest BCUT2D eigenvalue weighted by molar-refractivity contribution is 5.94. The maximum atomic E-state index is 13.1. The van der Waals surface area contributed by atoms with E-state index in [-0.39, 0.29) is 11.7 Å². The quantitative estimate of drug-likeness (QED) is 0.442. The summed E-state index contributed by atoms with van der Waals surface area (Å²) >= 11 is 0. The fourth-order valence-electron chi connectivity index (χ4n) is 3.43. The average molecular weight is 429 g/mol. The van der Waals surface area contributed by atoms with Gasteiger partial charge in [-0.3, -0.25) is 9.48 Å². The lowest BCUT2D eigenvalue weighted by Crippen LogP contribution is -2.34. The highest BCUT2D eigenvalue weighted by Gasteiger charge is 2.20. The highest BCUT2D eigenvalue weighted by atomic mass is 19.1. The van der Waals surface area contributed by atoms with Gasteiger partial charge in [-0.1, -0.05) is 42.5 Å². The van der Waals surface area contributed by atoms with Gasteiger partial charge in [0.15, 0.2) is 0 Å². The molecule has 7 heteroatoms. The summed E-state index contributed by atoms with van der Waals surface area (Å²) in [5, 5.41) is 10.4. The van der Waals surface area contributed by atoms with E-state index >= 15 is 0 Å². The van der Waals surface area contributed by atoms with Crippen LogP contribution in [0.3, 0.4) is 0 Å². The second kappa shape index (κ2) is 9.98. The van der Waals surface area contributed by atoms with E-state index in [2.05, 4.69) is 20.7 Å². The molecule has 2 heterocycles. The summed E-state index contributed by atoms with van der Waals surface area (Å²) in [5.41, 5.74) is 3.74. The van der Waals surface area contributed by atoms with E-state index in [0.717, 1.165) is 22.3 Å². The molecule has 162 valence electrons. The summed E-state index contributed by atoms with van der Waals surface area (Å²) in [6.07, 6.45) is 6.07. The van der Waals surface area contributed by atoms with Crippen LogP contribution in [0.25, 0.3) is 11.1 Å². The molecule has 0 bridgehead atoms. The third-order valence-electron chi connectivity index (χ3n) is 5.12. The van der Waals surface area contributed by atoms with Gasteiger partial charge in [0.25, 0.3) is 0 Å². The third kappa shape index (κ3) is 5.44. The number of pyridine rings is 1. The molecular weight excluding hydrogens is 405 g/mol. The molecule has 6 nitrogen and oxygen atoms in total. The van der Waals surface area contributed by atoms with E-state index < -0.39 is 6.04 Å². The Balaban J connectivity index is 1.43. The number of carbonyl (C=O) groups is 1. The van der Waals surface area contributed by atoms with E-state index in [4.69, 9.17) is 0 Å². The molecule has 4 rings (SSSR count). The predicted octanol–water partition coefficient (Wildman–Crippen LogP) is 4.13. The van der Waals surface area contributed by atoms with Crippen molar-refractivity contribution in [2.75, 3.05) is 11.9 Å². The van der Waals surface area contributed by atoms with Gasteiger partial charge >= 0.3 is 0 Å². The van der Waals surface area contributed by atoms with E-state index in [1.807, 2.05) is 49.6 Å². The van der Waals surface area contributed by atoms with Crippen LogP contribution in [0.5, 0.6) is 0 Å². The van der Waals surface area contributed by atoms with Gasteiger partial charge in [-0.25, -0.2) is 9.37 Å². The van der Waals surface area contributed by atoms with Crippen LogP contribution in [0.2, 0.25) is 0 Å². The molecule has 0 saturated carbocycles. The summed E-state index contributed by atoms with van der Waals surface area (Å²) in [4.78, 5) is 17.5. The van der Waals surface area contributed by atoms with Crippen molar-refractivity contribution >= 4 is 11.7 Å². The zero-order chi connectivity index (χ0) is 22.3. The minimum Gasteiger partial charge on any atom is -0.309 e. The van der Waals surface area contributed by atoms with Crippen LogP contribution in [0.1, 0.15) is 17.2 Å². The lowest BCUT2D eigenvalue weighted by Gasteiger charge is -2.19. The number of amides is 1. The van der Waals surface area contributed by atoms with E-state index in [1.54, 1.807) is 35.3 Å². The number of anilines is 1. The number of carbonyl (C=O) groups excluding carboxylic acids is 1. The molecule has 2 N–H and O–H groups in total. The van der Waals surface area contributed by atoms with Crippen molar-refractivity contribution in [1.82, 2.24) is 20.1 Å². The Morgan fingerprint density at radius 3 is 2.44 bits per heavy atom. The lowest BCUT2D eigenvalue weighted by molar-refractivity contribution is -0.118. The lowest BCUT2D eigenvalue weighted by atomic mass is 10.1. The fourth-order valence-corrected chi connectivity index (χ4v) is 3.43. The van der Waals surface area contributed by atoms with E-state index in [9.17, 15) is 9.18 Å². The molecule has 2 aromatic heterocycles. The first kappa shape index (κ1) is 21.4. The second-order valence-corrected chi connectivity index (χ2v) is 7.50. The van der Waals surface area contributed by atoms with Crippen LogP contribution in [0, 0.1) is 5.82 Å². The summed E-state index contributed by atoms with van der Waals surface area (Å²) in [6.45, 7) is 0.561. The molecule has 0 aliphatic rings. The molecule has 0 radical (unpaired) electrons. The van der Waals surface area contributed by atoms with Gasteiger partial charge in [0.1, 0.15) is 17.7 Å². The first-order valence-corrected chi connectivity index (χ1v) is 10.4. The van der Waals surface area contributed by atoms with Gasteiger partial charge < -0.3 is 10.6 Å². The number of nitrogens with one attached hydrogen (secondary N) is 2. The fraction of sp³-hybridized carbons (Fsp3) is 0.160. The largest absolute Gasteiger partial charge is 0.309 e. The van der Waals surface area contributed by atoms with Crippen LogP contribution in [0.4, 0.5) is 10.2 Å². The molecule has 0 unspecified atom stereocenters. The van der Waals surface area contributed by atoms with Gasteiger partial charge in [-0.2, -0.15) is 5.10 Å². The minimum absolute atomic E-state index is 0.197. The highest BCUT2D eigenvalue weighted by Crippen LogP contribution is 2.20. The molecular formula is C25H24FN5O. The zero-order valence-corrected chi connectivity index (χ0v) is 17.7. The molecule has 4 aromatic rings. The minimum atomic E-state index is -0.545. The van der Waals surface area contributed by atoms with E-state index in [0.29, 0.717) is 18.8 Å². The van der Waals surface area contributed by atoms with Crippen molar-refractivity contribution in [2.45, 2.75) is 12.5 Å². The summed E-state index contributed by atoms with van der Waals surface area (Å²) in [7, 11) is 1.86. The van der Waals surface area contributed by atoms with Crippen LogP contribution in [0.15, 0.2) is 85.3 Å². The molecule has 1 atom stereocenters. The topological polar surface area (TPSA) is 71.8 Å². The third-order valence-corrected chi connectivity index (χ3v) is 5.12. The predicted molar refractivity (Wildman–Crippen MR) is 122 cm³/mol. The Kier molecular flexibility index (Phi) is 6.67. The second-order valence-electron chi connectivity index (χ2n) is 7.50. The van der Waals surface area contributed by atoms with Gasteiger partial charge in [0.05, 0.1) is 6.20 Å². The van der Waals surface area contributed by atoms with Gasteiger partial charge in [0, 0.05) is 37.1 Å². The van der Waals surface area contributed by atoms with Gasteiger partial charge in [0.2, 0.25) is 5.91 Å². The molecule has 0 saturated heterocycles. The van der Waals surface area contributed by atoms with Crippen molar-refractivity contribution in [3.63, 3.8) is 0 Å². The van der Waals surface area contributed by atoms with E-state index in [1.165, 1.54) is 12.1 Å². The number of hydrogen-bond acceptors (Lipinski definition) is 4. The standard InChI is InChI=1S/C25H24FN5O/c1-31-17-21(16-29-31)20-9-12-23(28-15-20)30-25(32)24(19-5-3-2-4-6-19)27-14-13-18-7-10-22(26)11-8-18/h2-12,15-17,24,27H,13-14H2,1H3,(H,28,30,32)/t24-/m0/s1. The summed E-state index contributed by atoms with van der Waals surface area (Å²) in [6, 6.07) is 19.1. The van der Waals surface area contributed by atoms with Crippen molar-refractivity contribution in [3.8, 4) is 11.1 Å². The number of benzene rings is 2. The molecule has 0 fully saturated rings. The Morgan fingerprint density at radius 2 is 1.78 bits per heavy atom. The van der Waals surface area contributed by atoms with Gasteiger partial charge in [-0.15, -0.1) is 0 Å². The molecule has 32 heavy (non-hydrogen) atoms. The number of hydrogen-bond donors (Lipinski definition) is 2. The number of rotatable bonds is 8. The number of halogens is 1. The van der Waals surface area contributed by atoms with Gasteiger partial charge in [-0.05, 0) is 41.8 Å². The van der Waals surface area contributed by atoms with Crippen LogP contribution >= 0.6 is 0 Å². The van der Waals surface area contributed by atoms with Crippen molar-refractivity contribution in [2.24, 2.45) is 7.05 Å². The summed E-state index contributed by atoms with van der Waals surface area (Å²) in [5.74, 6) is 0.0196. The Morgan fingerprint density at radius 1 is 1.00 bits per heavy atom. The molecule has 0 aliphatic heterocycles.